The molecular weight excluding hydrogens is 294 g/mol. The van der Waals surface area contributed by atoms with E-state index in [0.717, 1.165) is 23.0 Å². The molecule has 0 aromatic heterocycles. The highest BCUT2D eigenvalue weighted by Gasteiger charge is 2.13. The van der Waals surface area contributed by atoms with Crippen molar-refractivity contribution in [2.75, 3.05) is 13.1 Å². The van der Waals surface area contributed by atoms with E-state index in [1.807, 2.05) is 41.3 Å². The van der Waals surface area contributed by atoms with Crippen molar-refractivity contribution in [3.63, 3.8) is 0 Å². The van der Waals surface area contributed by atoms with Crippen LogP contribution in [0.2, 0.25) is 0 Å². The van der Waals surface area contributed by atoms with Crippen molar-refractivity contribution < 1.29 is 4.79 Å². The lowest BCUT2D eigenvalue weighted by Gasteiger charge is -2.23. The number of rotatable bonds is 9. The van der Waals surface area contributed by atoms with Crippen LogP contribution in [0.4, 0.5) is 0 Å². The second kappa shape index (κ2) is 9.43. The predicted octanol–water partition coefficient (Wildman–Crippen LogP) is 4.36. The minimum atomic E-state index is -0.313. The van der Waals surface area contributed by atoms with Gasteiger partial charge in [0.05, 0.1) is 6.04 Å². The molecule has 0 saturated carbocycles. The van der Waals surface area contributed by atoms with Crippen LogP contribution in [-0.2, 0) is 4.79 Å². The van der Waals surface area contributed by atoms with Crippen LogP contribution in [0.3, 0.4) is 0 Å². The summed E-state index contributed by atoms with van der Waals surface area (Å²) in [5.41, 5.74) is 3.46. The topological polar surface area (TPSA) is 20.3 Å². The monoisotopic (exact) mass is 317 g/mol. The first-order valence-corrected chi connectivity index (χ1v) is 8.04. The fourth-order valence-electron chi connectivity index (χ4n) is 2.62. The maximum atomic E-state index is 11.3. The van der Waals surface area contributed by atoms with Gasteiger partial charge in [-0.2, -0.15) is 0 Å². The van der Waals surface area contributed by atoms with Crippen LogP contribution in [-0.4, -0.2) is 30.3 Å². The Morgan fingerprint density at radius 1 is 0.917 bits per heavy atom. The van der Waals surface area contributed by atoms with E-state index in [-0.39, 0.29) is 6.04 Å². The molecule has 0 heterocycles. The molecule has 2 rings (SSSR count). The summed E-state index contributed by atoms with van der Waals surface area (Å²) in [6, 6.07) is 20.2. The fraction of sp³-hybridized carbons (Fsp3) is 0.136. The largest absolute Gasteiger partial charge is 0.301 e. The fourth-order valence-corrected chi connectivity index (χ4v) is 2.62. The van der Waals surface area contributed by atoms with Crippen molar-refractivity contribution in [2.45, 2.75) is 6.04 Å². The van der Waals surface area contributed by atoms with Crippen LogP contribution >= 0.6 is 0 Å². The highest BCUT2D eigenvalue weighted by atomic mass is 16.1. The average molecular weight is 317 g/mol. The number of aldehydes is 1. The Hall–Kier alpha value is -2.71. The first-order chi connectivity index (χ1) is 11.8. The minimum Gasteiger partial charge on any atom is -0.301 e. The van der Waals surface area contributed by atoms with E-state index in [4.69, 9.17) is 0 Å². The summed E-state index contributed by atoms with van der Waals surface area (Å²) in [5, 5.41) is 0. The normalized spacial score (nSPS) is 11.5. The summed E-state index contributed by atoms with van der Waals surface area (Å²) in [4.78, 5) is 13.3. The molecule has 2 heteroatoms. The Kier molecular flexibility index (Phi) is 6.93. The SMILES string of the molecule is C=CCN(CC=C(c1ccccc1)c1ccccc1)C(C=C)C=O. The summed E-state index contributed by atoms with van der Waals surface area (Å²) >= 11 is 0. The molecule has 0 radical (unpaired) electrons. The molecule has 0 aliphatic heterocycles. The summed E-state index contributed by atoms with van der Waals surface area (Å²) < 4.78 is 0. The summed E-state index contributed by atoms with van der Waals surface area (Å²) in [6.45, 7) is 8.80. The Morgan fingerprint density at radius 2 is 1.46 bits per heavy atom. The maximum absolute atomic E-state index is 11.3. The molecule has 1 atom stereocenters. The molecule has 24 heavy (non-hydrogen) atoms. The van der Waals surface area contributed by atoms with Crippen molar-refractivity contribution in [1.29, 1.82) is 0 Å². The van der Waals surface area contributed by atoms with E-state index < -0.39 is 0 Å². The van der Waals surface area contributed by atoms with E-state index in [1.165, 1.54) is 0 Å². The highest BCUT2D eigenvalue weighted by molar-refractivity contribution is 5.79. The zero-order chi connectivity index (χ0) is 17.2. The first-order valence-electron chi connectivity index (χ1n) is 8.04. The lowest BCUT2D eigenvalue weighted by Crippen LogP contribution is -2.35. The van der Waals surface area contributed by atoms with Crippen LogP contribution in [0.15, 0.2) is 92.0 Å². The van der Waals surface area contributed by atoms with Gasteiger partial charge in [0.15, 0.2) is 0 Å². The van der Waals surface area contributed by atoms with Crippen molar-refractivity contribution >= 4 is 11.9 Å². The van der Waals surface area contributed by atoms with Gasteiger partial charge in [-0.15, -0.1) is 13.2 Å². The summed E-state index contributed by atoms with van der Waals surface area (Å²) in [6.07, 6.45) is 6.54. The van der Waals surface area contributed by atoms with Crippen LogP contribution < -0.4 is 0 Å². The summed E-state index contributed by atoms with van der Waals surface area (Å²) in [7, 11) is 0. The van der Waals surface area contributed by atoms with Gasteiger partial charge in [-0.1, -0.05) is 78.9 Å². The van der Waals surface area contributed by atoms with Gasteiger partial charge in [0.1, 0.15) is 6.29 Å². The van der Waals surface area contributed by atoms with E-state index in [2.05, 4.69) is 43.5 Å². The van der Waals surface area contributed by atoms with Crippen LogP contribution in [0.1, 0.15) is 11.1 Å². The van der Waals surface area contributed by atoms with E-state index in [9.17, 15) is 4.79 Å². The van der Waals surface area contributed by atoms with Gasteiger partial charge in [-0.05, 0) is 16.7 Å². The molecule has 2 nitrogen and oxygen atoms in total. The van der Waals surface area contributed by atoms with Gasteiger partial charge in [0, 0.05) is 13.1 Å². The molecular formula is C22H23NO. The molecule has 0 aliphatic carbocycles. The van der Waals surface area contributed by atoms with Crippen LogP contribution in [0.25, 0.3) is 5.57 Å². The van der Waals surface area contributed by atoms with Gasteiger partial charge < -0.3 is 4.79 Å². The molecule has 0 saturated heterocycles. The number of benzene rings is 2. The third-order valence-electron chi connectivity index (χ3n) is 3.87. The zero-order valence-corrected chi connectivity index (χ0v) is 13.8. The third-order valence-corrected chi connectivity index (χ3v) is 3.87. The molecule has 0 bridgehead atoms. The Balaban J connectivity index is 2.35. The number of carbonyl (C=O) groups excluding carboxylic acids is 1. The first kappa shape index (κ1) is 17.6. The number of nitrogens with zero attached hydrogens (tertiary/aromatic N) is 1. The third kappa shape index (κ3) is 4.64. The number of hydrogen-bond donors (Lipinski definition) is 0. The van der Waals surface area contributed by atoms with Crippen molar-refractivity contribution in [1.82, 2.24) is 4.90 Å². The number of hydrogen-bond acceptors (Lipinski definition) is 2. The number of carbonyl (C=O) groups is 1. The molecule has 0 amide bonds. The Morgan fingerprint density at radius 3 is 1.88 bits per heavy atom. The smallest absolute Gasteiger partial charge is 0.141 e. The van der Waals surface area contributed by atoms with E-state index in [0.29, 0.717) is 13.1 Å². The molecule has 2 aromatic carbocycles. The van der Waals surface area contributed by atoms with Gasteiger partial charge >= 0.3 is 0 Å². The standard InChI is InChI=1S/C22H23NO/c1-3-16-23(21(4-2)18-24)17-15-22(19-11-7-5-8-12-19)20-13-9-6-10-14-20/h3-15,18,21H,1-2,16-17H2. The van der Waals surface area contributed by atoms with Crippen LogP contribution in [0.5, 0.6) is 0 Å². The molecule has 0 fully saturated rings. The van der Waals surface area contributed by atoms with E-state index in [1.54, 1.807) is 12.2 Å². The molecule has 0 N–H and O–H groups in total. The van der Waals surface area contributed by atoms with Gasteiger partial charge in [-0.25, -0.2) is 0 Å². The van der Waals surface area contributed by atoms with Crippen molar-refractivity contribution in [3.8, 4) is 0 Å². The zero-order valence-electron chi connectivity index (χ0n) is 13.8. The second-order valence-corrected chi connectivity index (χ2v) is 5.45. The van der Waals surface area contributed by atoms with Gasteiger partial charge in [-0.3, -0.25) is 4.90 Å². The molecule has 122 valence electrons. The Labute approximate surface area is 144 Å². The molecule has 0 aliphatic rings. The Bertz CT molecular complexity index is 639. The lowest BCUT2D eigenvalue weighted by atomic mass is 9.97. The van der Waals surface area contributed by atoms with Crippen molar-refractivity contribution in [2.24, 2.45) is 0 Å². The van der Waals surface area contributed by atoms with Crippen molar-refractivity contribution in [3.05, 3.63) is 103 Å². The minimum absolute atomic E-state index is 0.313. The summed E-state index contributed by atoms with van der Waals surface area (Å²) in [5.74, 6) is 0. The molecule has 0 spiro atoms. The van der Waals surface area contributed by atoms with Gasteiger partial charge in [0.25, 0.3) is 0 Å². The quantitative estimate of drug-likeness (QED) is 0.506. The molecule has 2 aromatic rings. The average Bonchev–Trinajstić information content (AvgIpc) is 2.64. The van der Waals surface area contributed by atoms with Gasteiger partial charge in [0.2, 0.25) is 0 Å². The van der Waals surface area contributed by atoms with E-state index >= 15 is 0 Å². The maximum Gasteiger partial charge on any atom is 0.141 e. The molecule has 1 unspecified atom stereocenters. The lowest BCUT2D eigenvalue weighted by molar-refractivity contribution is -0.110. The predicted molar refractivity (Wildman–Crippen MR) is 102 cm³/mol. The van der Waals surface area contributed by atoms with Crippen LogP contribution in [0, 0.1) is 0 Å². The second-order valence-electron chi connectivity index (χ2n) is 5.45. The highest BCUT2D eigenvalue weighted by Crippen LogP contribution is 2.23.